The zero-order valence-electron chi connectivity index (χ0n) is 18.8. The SMILES string of the molecule is C=CCn1c(SCC(=O)Nc2ccc(C)cc2C)nnc1C(C)Oc1ccccc1OC. The van der Waals surface area contributed by atoms with Crippen LogP contribution < -0.4 is 14.8 Å². The van der Waals surface area contributed by atoms with E-state index in [1.165, 1.54) is 11.8 Å². The number of aryl methyl sites for hydroxylation is 2. The van der Waals surface area contributed by atoms with Crippen LogP contribution in [0.15, 0.2) is 60.3 Å². The third kappa shape index (κ3) is 5.70. The molecule has 1 atom stereocenters. The summed E-state index contributed by atoms with van der Waals surface area (Å²) in [5.41, 5.74) is 3.00. The molecule has 1 unspecified atom stereocenters. The van der Waals surface area contributed by atoms with E-state index in [4.69, 9.17) is 9.47 Å². The quantitative estimate of drug-likeness (QED) is 0.346. The van der Waals surface area contributed by atoms with Gasteiger partial charge in [0.2, 0.25) is 5.91 Å². The molecule has 32 heavy (non-hydrogen) atoms. The first kappa shape index (κ1) is 23.4. The van der Waals surface area contributed by atoms with Crippen LogP contribution in [0.5, 0.6) is 11.5 Å². The number of carbonyl (C=O) groups is 1. The number of hydrogen-bond acceptors (Lipinski definition) is 6. The average molecular weight is 453 g/mol. The Labute approximate surface area is 192 Å². The number of nitrogens with zero attached hydrogens (tertiary/aromatic N) is 3. The van der Waals surface area contributed by atoms with Gasteiger partial charge in [-0.05, 0) is 44.5 Å². The molecule has 1 heterocycles. The largest absolute Gasteiger partial charge is 0.493 e. The number of aromatic nitrogens is 3. The van der Waals surface area contributed by atoms with Crippen LogP contribution >= 0.6 is 11.8 Å². The molecule has 1 N–H and O–H groups in total. The Morgan fingerprint density at radius 2 is 1.97 bits per heavy atom. The summed E-state index contributed by atoms with van der Waals surface area (Å²) < 4.78 is 13.3. The first-order valence-electron chi connectivity index (χ1n) is 10.3. The van der Waals surface area contributed by atoms with Crippen molar-refractivity contribution < 1.29 is 14.3 Å². The van der Waals surface area contributed by atoms with Gasteiger partial charge in [0.25, 0.3) is 0 Å². The zero-order chi connectivity index (χ0) is 23.1. The highest BCUT2D eigenvalue weighted by Crippen LogP contribution is 2.31. The monoisotopic (exact) mass is 452 g/mol. The van der Waals surface area contributed by atoms with Gasteiger partial charge in [-0.15, -0.1) is 16.8 Å². The van der Waals surface area contributed by atoms with Crippen molar-refractivity contribution in [2.24, 2.45) is 0 Å². The van der Waals surface area contributed by atoms with Gasteiger partial charge in [0.15, 0.2) is 28.6 Å². The minimum absolute atomic E-state index is 0.102. The van der Waals surface area contributed by atoms with Crippen molar-refractivity contribution in [1.82, 2.24) is 14.8 Å². The summed E-state index contributed by atoms with van der Waals surface area (Å²) in [5.74, 6) is 2.03. The number of rotatable bonds is 10. The fourth-order valence-electron chi connectivity index (χ4n) is 3.24. The van der Waals surface area contributed by atoms with Crippen LogP contribution in [-0.4, -0.2) is 33.5 Å². The minimum atomic E-state index is -0.378. The van der Waals surface area contributed by atoms with E-state index in [-0.39, 0.29) is 17.8 Å². The Morgan fingerprint density at radius 3 is 2.66 bits per heavy atom. The number of anilines is 1. The number of nitrogens with one attached hydrogen (secondary N) is 1. The van der Waals surface area contributed by atoms with Crippen molar-refractivity contribution >= 4 is 23.4 Å². The maximum Gasteiger partial charge on any atom is 0.234 e. The van der Waals surface area contributed by atoms with Gasteiger partial charge < -0.3 is 14.8 Å². The Bertz CT molecular complexity index is 1100. The molecular weight excluding hydrogens is 424 g/mol. The smallest absolute Gasteiger partial charge is 0.234 e. The van der Waals surface area contributed by atoms with Crippen molar-refractivity contribution in [3.05, 3.63) is 72.1 Å². The highest BCUT2D eigenvalue weighted by Gasteiger charge is 2.21. The van der Waals surface area contributed by atoms with E-state index in [9.17, 15) is 4.79 Å². The lowest BCUT2D eigenvalue weighted by atomic mass is 10.1. The molecule has 3 rings (SSSR count). The molecule has 0 radical (unpaired) electrons. The molecule has 0 aliphatic heterocycles. The van der Waals surface area contributed by atoms with Gasteiger partial charge in [0.05, 0.1) is 12.9 Å². The van der Waals surface area contributed by atoms with Crippen LogP contribution in [0.3, 0.4) is 0 Å². The number of allylic oxidation sites excluding steroid dienone is 1. The molecule has 0 saturated heterocycles. The maximum atomic E-state index is 12.5. The Balaban J connectivity index is 1.69. The lowest BCUT2D eigenvalue weighted by Gasteiger charge is -2.17. The number of benzene rings is 2. The molecule has 3 aromatic rings. The van der Waals surface area contributed by atoms with Gasteiger partial charge >= 0.3 is 0 Å². The second-order valence-electron chi connectivity index (χ2n) is 7.31. The summed E-state index contributed by atoms with van der Waals surface area (Å²) in [6.45, 7) is 10.2. The first-order chi connectivity index (χ1) is 15.4. The number of carbonyl (C=O) groups excluding carboxylic acids is 1. The molecule has 8 heteroatoms. The van der Waals surface area contributed by atoms with E-state index in [1.807, 2.05) is 67.8 Å². The fraction of sp³-hybridized carbons (Fsp3) is 0.292. The van der Waals surface area contributed by atoms with Crippen molar-refractivity contribution in [2.75, 3.05) is 18.2 Å². The summed E-state index contributed by atoms with van der Waals surface area (Å²) in [4.78, 5) is 12.5. The second kappa shape index (κ2) is 10.9. The van der Waals surface area contributed by atoms with Crippen molar-refractivity contribution in [1.29, 1.82) is 0 Å². The van der Waals surface area contributed by atoms with Crippen LogP contribution in [0.2, 0.25) is 0 Å². The Hall–Kier alpha value is -3.26. The minimum Gasteiger partial charge on any atom is -0.493 e. The van der Waals surface area contributed by atoms with E-state index >= 15 is 0 Å². The van der Waals surface area contributed by atoms with E-state index < -0.39 is 0 Å². The molecule has 168 valence electrons. The maximum absolute atomic E-state index is 12.5. The lowest BCUT2D eigenvalue weighted by Crippen LogP contribution is -2.16. The van der Waals surface area contributed by atoms with Gasteiger partial charge in [0.1, 0.15) is 0 Å². The molecular formula is C24H28N4O3S. The van der Waals surface area contributed by atoms with Gasteiger partial charge in [-0.1, -0.05) is 47.7 Å². The van der Waals surface area contributed by atoms with E-state index in [1.54, 1.807) is 13.2 Å². The second-order valence-corrected chi connectivity index (χ2v) is 8.25. The summed E-state index contributed by atoms with van der Waals surface area (Å²) in [7, 11) is 1.60. The van der Waals surface area contributed by atoms with Crippen LogP contribution in [0, 0.1) is 13.8 Å². The number of ether oxygens (including phenoxy) is 2. The molecule has 0 spiro atoms. The van der Waals surface area contributed by atoms with E-state index in [0.717, 1.165) is 16.8 Å². The number of methoxy groups -OCH3 is 1. The van der Waals surface area contributed by atoms with E-state index in [0.29, 0.717) is 29.0 Å². The summed E-state index contributed by atoms with van der Waals surface area (Å²) >= 11 is 1.32. The molecule has 1 amide bonds. The molecule has 0 bridgehead atoms. The predicted octanol–water partition coefficient (Wildman–Crippen LogP) is 4.96. The van der Waals surface area contributed by atoms with Gasteiger partial charge in [-0.2, -0.15) is 0 Å². The normalized spacial score (nSPS) is 11.6. The molecule has 1 aromatic heterocycles. The Morgan fingerprint density at radius 1 is 1.22 bits per heavy atom. The van der Waals surface area contributed by atoms with E-state index in [2.05, 4.69) is 22.1 Å². The molecule has 2 aromatic carbocycles. The molecule has 7 nitrogen and oxygen atoms in total. The van der Waals surface area contributed by atoms with Gasteiger partial charge in [-0.25, -0.2) is 0 Å². The summed E-state index contributed by atoms with van der Waals surface area (Å²) in [6, 6.07) is 13.4. The van der Waals surface area contributed by atoms with Crippen LogP contribution in [-0.2, 0) is 11.3 Å². The summed E-state index contributed by atoms with van der Waals surface area (Å²) in [6.07, 6.45) is 1.39. The van der Waals surface area contributed by atoms with Crippen LogP contribution in [0.4, 0.5) is 5.69 Å². The highest BCUT2D eigenvalue weighted by atomic mass is 32.2. The number of amides is 1. The van der Waals surface area contributed by atoms with Crippen molar-refractivity contribution in [3.8, 4) is 11.5 Å². The molecule has 0 saturated carbocycles. The number of thioether (sulfide) groups is 1. The first-order valence-corrected chi connectivity index (χ1v) is 11.2. The summed E-state index contributed by atoms with van der Waals surface area (Å²) in [5, 5.41) is 12.2. The highest BCUT2D eigenvalue weighted by molar-refractivity contribution is 7.99. The third-order valence-electron chi connectivity index (χ3n) is 4.78. The van der Waals surface area contributed by atoms with Crippen LogP contribution in [0.25, 0.3) is 0 Å². The zero-order valence-corrected chi connectivity index (χ0v) is 19.6. The molecule has 0 fully saturated rings. The predicted molar refractivity (Wildman–Crippen MR) is 128 cm³/mol. The number of hydrogen-bond donors (Lipinski definition) is 1. The third-order valence-corrected chi connectivity index (χ3v) is 5.75. The fourth-order valence-corrected chi connectivity index (χ4v) is 3.99. The van der Waals surface area contributed by atoms with Gasteiger partial charge in [-0.3, -0.25) is 9.36 Å². The van der Waals surface area contributed by atoms with Crippen molar-refractivity contribution in [2.45, 2.75) is 38.6 Å². The molecule has 0 aliphatic rings. The van der Waals surface area contributed by atoms with Crippen molar-refractivity contribution in [3.63, 3.8) is 0 Å². The standard InChI is InChI=1S/C24H28N4O3S/c1-6-13-28-23(18(4)31-21-10-8-7-9-20(21)30-5)26-27-24(28)32-15-22(29)25-19-12-11-16(2)14-17(19)3/h6-12,14,18H,1,13,15H2,2-5H3,(H,25,29). The lowest BCUT2D eigenvalue weighted by molar-refractivity contribution is -0.113. The Kier molecular flexibility index (Phi) is 7.94. The van der Waals surface area contributed by atoms with Crippen LogP contribution in [0.1, 0.15) is 30.0 Å². The van der Waals surface area contributed by atoms with Gasteiger partial charge in [0, 0.05) is 12.2 Å². The molecule has 0 aliphatic carbocycles. The number of para-hydroxylation sites is 2. The average Bonchev–Trinajstić information content (AvgIpc) is 3.17. The topological polar surface area (TPSA) is 78.3 Å².